The zero-order valence-electron chi connectivity index (χ0n) is 9.76. The van der Waals surface area contributed by atoms with Crippen molar-refractivity contribution in [1.82, 2.24) is 4.90 Å². The van der Waals surface area contributed by atoms with Crippen molar-refractivity contribution in [3.05, 3.63) is 24.3 Å². The Morgan fingerprint density at radius 3 is 2.65 bits per heavy atom. The summed E-state index contributed by atoms with van der Waals surface area (Å²) in [6.45, 7) is 1.78. The van der Waals surface area contributed by atoms with E-state index in [2.05, 4.69) is 0 Å². The predicted molar refractivity (Wildman–Crippen MR) is 69.3 cm³/mol. The molecule has 4 heteroatoms. The van der Waals surface area contributed by atoms with Crippen LogP contribution in [0.1, 0.15) is 19.3 Å². The highest BCUT2D eigenvalue weighted by atomic mass is 32.2. The molecule has 92 valence electrons. The Bertz CT molecular complexity index is 389. The Morgan fingerprint density at radius 1 is 1.24 bits per heavy atom. The van der Waals surface area contributed by atoms with Crippen molar-refractivity contribution >= 4 is 17.7 Å². The second-order valence-electron chi connectivity index (χ2n) is 4.20. The second kappa shape index (κ2) is 5.96. The molecule has 0 saturated carbocycles. The molecule has 17 heavy (non-hydrogen) atoms. The highest BCUT2D eigenvalue weighted by molar-refractivity contribution is 8.00. The molecule has 0 aliphatic carbocycles. The molecule has 3 nitrogen and oxygen atoms in total. The molecule has 0 atom stereocenters. The quantitative estimate of drug-likeness (QED) is 0.839. The topological polar surface area (TPSA) is 40.5 Å². The van der Waals surface area contributed by atoms with Crippen LogP contribution in [0.3, 0.4) is 0 Å². The lowest BCUT2D eigenvalue weighted by atomic mass is 10.1. The minimum absolute atomic E-state index is 0.179. The third-order valence-corrected chi connectivity index (χ3v) is 3.97. The molecule has 1 heterocycles. The molecule has 1 aliphatic rings. The SMILES string of the molecule is O=C(CSc1ccccc1O)N1CCCCC1. The minimum atomic E-state index is 0.179. The maximum Gasteiger partial charge on any atom is 0.232 e. The standard InChI is InChI=1S/C13H17NO2S/c15-11-6-2-3-7-12(11)17-10-13(16)14-8-4-1-5-9-14/h2-3,6-7,15H,1,4-5,8-10H2. The highest BCUT2D eigenvalue weighted by Gasteiger charge is 2.16. The molecular formula is C13H17NO2S. The number of piperidine rings is 1. The summed E-state index contributed by atoms with van der Waals surface area (Å²) in [4.78, 5) is 14.6. The van der Waals surface area contributed by atoms with Gasteiger partial charge in [0.1, 0.15) is 5.75 Å². The van der Waals surface area contributed by atoms with Crippen molar-refractivity contribution in [2.24, 2.45) is 0 Å². The van der Waals surface area contributed by atoms with E-state index in [0.717, 1.165) is 30.8 Å². The van der Waals surface area contributed by atoms with Gasteiger partial charge in [-0.15, -0.1) is 11.8 Å². The highest BCUT2D eigenvalue weighted by Crippen LogP contribution is 2.27. The van der Waals surface area contributed by atoms with Crippen molar-refractivity contribution in [2.45, 2.75) is 24.2 Å². The van der Waals surface area contributed by atoms with E-state index in [4.69, 9.17) is 0 Å². The summed E-state index contributed by atoms with van der Waals surface area (Å²) in [5.41, 5.74) is 0. The van der Waals surface area contributed by atoms with Crippen molar-refractivity contribution in [2.75, 3.05) is 18.8 Å². The Morgan fingerprint density at radius 2 is 1.94 bits per heavy atom. The van der Waals surface area contributed by atoms with Gasteiger partial charge in [-0.25, -0.2) is 0 Å². The van der Waals surface area contributed by atoms with E-state index in [0.29, 0.717) is 5.75 Å². The molecule has 1 N–H and O–H groups in total. The number of hydrogen-bond donors (Lipinski definition) is 1. The summed E-state index contributed by atoms with van der Waals surface area (Å²) in [5, 5.41) is 9.59. The Kier molecular flexibility index (Phi) is 4.31. The van der Waals surface area contributed by atoms with E-state index >= 15 is 0 Å². The maximum atomic E-state index is 11.9. The van der Waals surface area contributed by atoms with E-state index in [1.54, 1.807) is 12.1 Å². The van der Waals surface area contributed by atoms with E-state index in [1.165, 1.54) is 18.2 Å². The molecule has 1 aliphatic heterocycles. The van der Waals surface area contributed by atoms with Crippen LogP contribution < -0.4 is 0 Å². The van der Waals surface area contributed by atoms with Gasteiger partial charge < -0.3 is 10.0 Å². The number of carbonyl (C=O) groups is 1. The second-order valence-corrected chi connectivity index (χ2v) is 5.22. The lowest BCUT2D eigenvalue weighted by molar-refractivity contribution is -0.129. The van der Waals surface area contributed by atoms with Gasteiger partial charge in [-0.2, -0.15) is 0 Å². The third kappa shape index (κ3) is 3.40. The lowest BCUT2D eigenvalue weighted by Gasteiger charge is -2.26. The summed E-state index contributed by atoms with van der Waals surface area (Å²) < 4.78 is 0. The minimum Gasteiger partial charge on any atom is -0.507 e. The average Bonchev–Trinajstić information content (AvgIpc) is 2.38. The Labute approximate surface area is 106 Å². The monoisotopic (exact) mass is 251 g/mol. The fourth-order valence-corrected chi connectivity index (χ4v) is 2.81. The van der Waals surface area contributed by atoms with Crippen molar-refractivity contribution in [3.63, 3.8) is 0 Å². The van der Waals surface area contributed by atoms with Crippen LogP contribution in [-0.2, 0) is 4.79 Å². The summed E-state index contributed by atoms with van der Waals surface area (Å²) in [6, 6.07) is 7.14. The van der Waals surface area contributed by atoms with Gasteiger partial charge in [-0.3, -0.25) is 4.79 Å². The average molecular weight is 251 g/mol. The van der Waals surface area contributed by atoms with Crippen LogP contribution in [0.25, 0.3) is 0 Å². The molecule has 1 saturated heterocycles. The van der Waals surface area contributed by atoms with Crippen LogP contribution in [0.4, 0.5) is 0 Å². The number of para-hydroxylation sites is 1. The number of aromatic hydroxyl groups is 1. The van der Waals surface area contributed by atoms with Crippen LogP contribution in [0.15, 0.2) is 29.2 Å². The fourth-order valence-electron chi connectivity index (χ4n) is 1.95. The summed E-state index contributed by atoms with van der Waals surface area (Å²) in [5.74, 6) is 0.847. The number of benzene rings is 1. The maximum absolute atomic E-state index is 11.9. The molecule has 1 aromatic rings. The number of carbonyl (C=O) groups excluding carboxylic acids is 1. The molecule has 1 fully saturated rings. The van der Waals surface area contributed by atoms with Gasteiger partial charge >= 0.3 is 0 Å². The molecule has 1 amide bonds. The van der Waals surface area contributed by atoms with Crippen molar-refractivity contribution in [1.29, 1.82) is 0 Å². The van der Waals surface area contributed by atoms with Gasteiger partial charge in [0, 0.05) is 18.0 Å². The number of thioether (sulfide) groups is 1. The van der Waals surface area contributed by atoms with Crippen LogP contribution >= 0.6 is 11.8 Å². The Balaban J connectivity index is 1.85. The molecule has 0 radical (unpaired) electrons. The largest absolute Gasteiger partial charge is 0.507 e. The van der Waals surface area contributed by atoms with E-state index in [-0.39, 0.29) is 11.7 Å². The molecule has 0 spiro atoms. The number of phenols is 1. The van der Waals surface area contributed by atoms with Crippen LogP contribution in [-0.4, -0.2) is 34.8 Å². The first kappa shape index (κ1) is 12.3. The first-order valence-electron chi connectivity index (χ1n) is 5.96. The smallest absolute Gasteiger partial charge is 0.232 e. The number of phenolic OH excluding ortho intramolecular Hbond substituents is 1. The van der Waals surface area contributed by atoms with Gasteiger partial charge in [0.25, 0.3) is 0 Å². The summed E-state index contributed by atoms with van der Waals surface area (Å²) >= 11 is 1.41. The van der Waals surface area contributed by atoms with Gasteiger partial charge in [-0.05, 0) is 31.4 Å². The number of amides is 1. The molecule has 2 rings (SSSR count). The molecule has 0 bridgehead atoms. The zero-order chi connectivity index (χ0) is 12.1. The Hall–Kier alpha value is -1.16. The van der Waals surface area contributed by atoms with Gasteiger partial charge in [0.2, 0.25) is 5.91 Å². The van der Waals surface area contributed by atoms with Crippen LogP contribution in [0.2, 0.25) is 0 Å². The van der Waals surface area contributed by atoms with Crippen molar-refractivity contribution in [3.8, 4) is 5.75 Å². The summed E-state index contributed by atoms with van der Waals surface area (Å²) in [7, 11) is 0. The van der Waals surface area contributed by atoms with Gasteiger partial charge in [0.15, 0.2) is 0 Å². The predicted octanol–water partition coefficient (Wildman–Crippen LogP) is 2.50. The van der Waals surface area contributed by atoms with E-state index < -0.39 is 0 Å². The zero-order valence-corrected chi connectivity index (χ0v) is 10.6. The number of nitrogens with zero attached hydrogens (tertiary/aromatic N) is 1. The van der Waals surface area contributed by atoms with Crippen LogP contribution in [0, 0.1) is 0 Å². The normalized spacial score (nSPS) is 15.9. The van der Waals surface area contributed by atoms with Gasteiger partial charge in [-0.1, -0.05) is 12.1 Å². The first-order valence-corrected chi connectivity index (χ1v) is 6.94. The van der Waals surface area contributed by atoms with Gasteiger partial charge in [0.05, 0.1) is 5.75 Å². The number of likely N-dealkylation sites (tertiary alicyclic amines) is 1. The molecule has 1 aromatic carbocycles. The fraction of sp³-hybridized carbons (Fsp3) is 0.462. The van der Waals surface area contributed by atoms with Crippen molar-refractivity contribution < 1.29 is 9.90 Å². The van der Waals surface area contributed by atoms with E-state index in [1.807, 2.05) is 17.0 Å². The molecular weight excluding hydrogens is 234 g/mol. The first-order chi connectivity index (χ1) is 8.27. The number of rotatable bonds is 3. The third-order valence-electron chi connectivity index (χ3n) is 2.93. The summed E-state index contributed by atoms with van der Waals surface area (Å²) in [6.07, 6.45) is 3.47. The van der Waals surface area contributed by atoms with E-state index in [9.17, 15) is 9.90 Å². The van der Waals surface area contributed by atoms with Crippen LogP contribution in [0.5, 0.6) is 5.75 Å². The molecule has 0 aromatic heterocycles. The number of hydrogen-bond acceptors (Lipinski definition) is 3. The lowest BCUT2D eigenvalue weighted by Crippen LogP contribution is -2.36. The molecule has 0 unspecified atom stereocenters.